The van der Waals surface area contributed by atoms with Crippen LogP contribution < -0.4 is 5.32 Å². The van der Waals surface area contributed by atoms with Crippen LogP contribution in [0.25, 0.3) is 0 Å². The maximum atomic E-state index is 12.3. The summed E-state index contributed by atoms with van der Waals surface area (Å²) in [6, 6.07) is 3.76. The molecule has 0 aromatic carbocycles. The van der Waals surface area contributed by atoms with Gasteiger partial charge in [0.15, 0.2) is 0 Å². The molecule has 0 aliphatic heterocycles. The van der Waals surface area contributed by atoms with Crippen molar-refractivity contribution in [1.29, 1.82) is 0 Å². The summed E-state index contributed by atoms with van der Waals surface area (Å²) >= 11 is 0. The first-order chi connectivity index (χ1) is 9.05. The minimum Gasteiger partial charge on any atom is -0.311 e. The Morgan fingerprint density at radius 3 is 2.74 bits per heavy atom. The fourth-order valence-corrected chi connectivity index (χ4v) is 1.56. The molecule has 0 bridgehead atoms. The van der Waals surface area contributed by atoms with Gasteiger partial charge >= 0.3 is 6.18 Å². The molecule has 2 aromatic rings. The summed E-state index contributed by atoms with van der Waals surface area (Å²) in [5.74, 6) is 0. The van der Waals surface area contributed by atoms with E-state index in [4.69, 9.17) is 0 Å². The molecule has 102 valence electrons. The first kappa shape index (κ1) is 13.5. The van der Waals surface area contributed by atoms with E-state index < -0.39 is 11.7 Å². The predicted octanol–water partition coefficient (Wildman–Crippen LogP) is 2.09. The smallest absolute Gasteiger partial charge is 0.311 e. The van der Waals surface area contributed by atoms with Crippen LogP contribution in [-0.2, 0) is 19.3 Å². The van der Waals surface area contributed by atoms with Crippen LogP contribution in [0.4, 0.5) is 13.2 Å². The van der Waals surface area contributed by atoms with Gasteiger partial charge in [-0.25, -0.2) is 0 Å². The second-order valence-electron chi connectivity index (χ2n) is 4.03. The first-order valence-corrected chi connectivity index (χ1v) is 5.75. The Bertz CT molecular complexity index is 507. The van der Waals surface area contributed by atoms with Crippen LogP contribution in [0.1, 0.15) is 11.1 Å². The van der Waals surface area contributed by atoms with Gasteiger partial charge in [-0.05, 0) is 11.6 Å². The predicted molar refractivity (Wildman–Crippen MR) is 63.2 cm³/mol. The lowest BCUT2D eigenvalue weighted by Gasteiger charge is -2.05. The van der Waals surface area contributed by atoms with E-state index in [9.17, 15) is 13.2 Å². The van der Waals surface area contributed by atoms with Crippen molar-refractivity contribution in [2.24, 2.45) is 0 Å². The molecular formula is C12H13F3N4. The van der Waals surface area contributed by atoms with Crippen molar-refractivity contribution in [3.63, 3.8) is 0 Å². The Morgan fingerprint density at radius 2 is 2.11 bits per heavy atom. The highest BCUT2D eigenvalue weighted by atomic mass is 19.4. The molecule has 0 saturated heterocycles. The molecule has 0 saturated carbocycles. The Balaban J connectivity index is 1.76. The van der Waals surface area contributed by atoms with E-state index in [1.165, 1.54) is 4.68 Å². The SMILES string of the molecule is FC(F)(F)c1cnn(CCNCc2cccnc2)c1. The van der Waals surface area contributed by atoms with Crippen LogP contribution in [-0.4, -0.2) is 21.3 Å². The average molecular weight is 270 g/mol. The van der Waals surface area contributed by atoms with Crippen LogP contribution in [0.15, 0.2) is 36.9 Å². The highest BCUT2D eigenvalue weighted by Crippen LogP contribution is 2.28. The standard InChI is InChI=1S/C12H13F3N4/c13-12(14,15)11-8-18-19(9-11)5-4-17-7-10-2-1-3-16-6-10/h1-3,6,8-9,17H,4-5,7H2. The Morgan fingerprint density at radius 1 is 1.26 bits per heavy atom. The summed E-state index contributed by atoms with van der Waals surface area (Å²) in [5, 5.41) is 6.79. The molecule has 4 nitrogen and oxygen atoms in total. The van der Waals surface area contributed by atoms with E-state index in [2.05, 4.69) is 15.4 Å². The van der Waals surface area contributed by atoms with Crippen molar-refractivity contribution in [3.8, 4) is 0 Å². The van der Waals surface area contributed by atoms with Crippen LogP contribution in [0.3, 0.4) is 0 Å². The summed E-state index contributed by atoms with van der Waals surface area (Å²) in [7, 11) is 0. The van der Waals surface area contributed by atoms with Gasteiger partial charge < -0.3 is 5.32 Å². The molecule has 7 heteroatoms. The number of hydrogen-bond donors (Lipinski definition) is 1. The number of halogens is 3. The molecule has 0 spiro atoms. The summed E-state index contributed by atoms with van der Waals surface area (Å²) in [5.41, 5.74) is 0.304. The second-order valence-corrected chi connectivity index (χ2v) is 4.03. The molecule has 2 rings (SSSR count). The van der Waals surface area contributed by atoms with Crippen LogP contribution in [0.2, 0.25) is 0 Å². The van der Waals surface area contributed by atoms with Gasteiger partial charge in [-0.3, -0.25) is 9.67 Å². The zero-order valence-corrected chi connectivity index (χ0v) is 10.1. The zero-order chi connectivity index (χ0) is 13.7. The fraction of sp³-hybridized carbons (Fsp3) is 0.333. The second kappa shape index (κ2) is 5.83. The van der Waals surface area contributed by atoms with Crippen molar-refractivity contribution in [1.82, 2.24) is 20.1 Å². The van der Waals surface area contributed by atoms with E-state index in [1.54, 1.807) is 12.4 Å². The fourth-order valence-electron chi connectivity index (χ4n) is 1.56. The van der Waals surface area contributed by atoms with Crippen molar-refractivity contribution in [2.45, 2.75) is 19.3 Å². The van der Waals surface area contributed by atoms with E-state index >= 15 is 0 Å². The van der Waals surface area contributed by atoms with Gasteiger partial charge in [-0.2, -0.15) is 18.3 Å². The van der Waals surface area contributed by atoms with Gasteiger partial charge in [-0.15, -0.1) is 0 Å². The van der Waals surface area contributed by atoms with E-state index in [0.29, 0.717) is 19.6 Å². The van der Waals surface area contributed by atoms with E-state index in [1.807, 2.05) is 12.1 Å². The lowest BCUT2D eigenvalue weighted by molar-refractivity contribution is -0.137. The van der Waals surface area contributed by atoms with Gasteiger partial charge in [0.25, 0.3) is 0 Å². The summed E-state index contributed by atoms with van der Waals surface area (Å²) in [6.07, 6.45) is 0.933. The monoisotopic (exact) mass is 270 g/mol. The Hall–Kier alpha value is -1.89. The molecule has 0 atom stereocenters. The van der Waals surface area contributed by atoms with Gasteiger partial charge in [-0.1, -0.05) is 6.07 Å². The lowest BCUT2D eigenvalue weighted by Crippen LogP contribution is -2.19. The molecule has 0 aliphatic rings. The molecule has 1 N–H and O–H groups in total. The summed E-state index contributed by atoms with van der Waals surface area (Å²) < 4.78 is 38.3. The van der Waals surface area contributed by atoms with Crippen LogP contribution >= 0.6 is 0 Å². The quantitative estimate of drug-likeness (QED) is 0.846. The van der Waals surface area contributed by atoms with Gasteiger partial charge in [0.05, 0.1) is 18.3 Å². The number of pyridine rings is 1. The summed E-state index contributed by atoms with van der Waals surface area (Å²) in [4.78, 5) is 3.97. The van der Waals surface area contributed by atoms with Crippen molar-refractivity contribution < 1.29 is 13.2 Å². The molecule has 0 radical (unpaired) electrons. The van der Waals surface area contributed by atoms with Gasteiger partial charge in [0.2, 0.25) is 0 Å². The maximum Gasteiger partial charge on any atom is 0.419 e. The van der Waals surface area contributed by atoms with Crippen molar-refractivity contribution in [3.05, 3.63) is 48.0 Å². The number of alkyl halides is 3. The Labute approximate surface area is 108 Å². The van der Waals surface area contributed by atoms with Crippen molar-refractivity contribution >= 4 is 0 Å². The average Bonchev–Trinajstić information content (AvgIpc) is 2.85. The van der Waals surface area contributed by atoms with Crippen LogP contribution in [0, 0.1) is 0 Å². The zero-order valence-electron chi connectivity index (χ0n) is 10.1. The van der Waals surface area contributed by atoms with Gasteiger partial charge in [0, 0.05) is 31.7 Å². The molecule has 2 heterocycles. The minimum absolute atomic E-state index is 0.385. The largest absolute Gasteiger partial charge is 0.419 e. The Kier molecular flexibility index (Phi) is 4.16. The normalized spacial score (nSPS) is 11.7. The maximum absolute atomic E-state index is 12.3. The van der Waals surface area contributed by atoms with Crippen LogP contribution in [0.5, 0.6) is 0 Å². The lowest BCUT2D eigenvalue weighted by atomic mass is 10.3. The highest BCUT2D eigenvalue weighted by Gasteiger charge is 2.31. The number of hydrogen-bond acceptors (Lipinski definition) is 3. The van der Waals surface area contributed by atoms with Gasteiger partial charge in [0.1, 0.15) is 0 Å². The van der Waals surface area contributed by atoms with E-state index in [-0.39, 0.29) is 0 Å². The number of rotatable bonds is 5. The molecule has 0 aliphatic carbocycles. The number of nitrogens with one attached hydrogen (secondary N) is 1. The summed E-state index contributed by atoms with van der Waals surface area (Å²) in [6.45, 7) is 1.55. The third-order valence-corrected chi connectivity index (χ3v) is 2.53. The first-order valence-electron chi connectivity index (χ1n) is 5.75. The van der Waals surface area contributed by atoms with Crippen molar-refractivity contribution in [2.75, 3.05) is 6.54 Å². The topological polar surface area (TPSA) is 42.7 Å². The minimum atomic E-state index is -4.33. The molecule has 0 unspecified atom stereocenters. The molecule has 2 aromatic heterocycles. The van der Waals surface area contributed by atoms with E-state index in [0.717, 1.165) is 18.0 Å². The molecule has 0 amide bonds. The molecule has 0 fully saturated rings. The third-order valence-electron chi connectivity index (χ3n) is 2.53. The number of nitrogens with zero attached hydrogens (tertiary/aromatic N) is 3. The third kappa shape index (κ3) is 4.06. The highest BCUT2D eigenvalue weighted by molar-refractivity contribution is 5.09. The molecule has 19 heavy (non-hydrogen) atoms. The number of aromatic nitrogens is 3. The molecular weight excluding hydrogens is 257 g/mol.